The minimum atomic E-state index is -0.511. The first-order valence-electron chi connectivity index (χ1n) is 9.43. The van der Waals surface area contributed by atoms with Crippen molar-refractivity contribution in [1.29, 1.82) is 0 Å². The van der Waals surface area contributed by atoms with Crippen molar-refractivity contribution in [3.8, 4) is 11.3 Å². The fraction of sp³-hybridized carbons (Fsp3) is 0.0909. The minimum absolute atomic E-state index is 0.0512. The van der Waals surface area contributed by atoms with Crippen molar-refractivity contribution >= 4 is 27.8 Å². The molecule has 5 rings (SSSR count). The van der Waals surface area contributed by atoms with Crippen molar-refractivity contribution in [2.75, 3.05) is 0 Å². The number of imidazole rings is 1. The molecule has 3 N–H and O–H groups in total. The maximum absolute atomic E-state index is 14.0. The number of aromatic amines is 2. The number of fused-ring (bicyclic) bond motifs is 2. The molecule has 148 valence electrons. The zero-order valence-corrected chi connectivity index (χ0v) is 16.0. The highest BCUT2D eigenvalue weighted by Crippen LogP contribution is 2.29. The summed E-state index contributed by atoms with van der Waals surface area (Å²) in [6, 6.07) is 13.4. The van der Waals surface area contributed by atoms with E-state index < -0.39 is 11.9 Å². The van der Waals surface area contributed by atoms with Gasteiger partial charge in [0.1, 0.15) is 5.82 Å². The summed E-state index contributed by atoms with van der Waals surface area (Å²) in [7, 11) is 0. The van der Waals surface area contributed by atoms with Gasteiger partial charge in [-0.3, -0.25) is 14.9 Å². The summed E-state index contributed by atoms with van der Waals surface area (Å²) in [4.78, 5) is 25.4. The number of carbonyl (C=O) groups is 1. The number of benzene rings is 2. The molecule has 7 nitrogen and oxygen atoms in total. The lowest BCUT2D eigenvalue weighted by atomic mass is 10.1. The molecule has 0 saturated heterocycles. The molecule has 0 aliphatic heterocycles. The number of amides is 1. The normalized spacial score (nSPS) is 12.3. The summed E-state index contributed by atoms with van der Waals surface area (Å²) in [6.07, 6.45) is 3.45. The van der Waals surface area contributed by atoms with Gasteiger partial charge in [0, 0.05) is 28.9 Å². The largest absolute Gasteiger partial charge is 0.343 e. The van der Waals surface area contributed by atoms with Crippen molar-refractivity contribution in [2.45, 2.75) is 13.0 Å². The highest BCUT2D eigenvalue weighted by atomic mass is 19.1. The zero-order valence-electron chi connectivity index (χ0n) is 16.0. The van der Waals surface area contributed by atoms with Crippen LogP contribution in [0.25, 0.3) is 33.2 Å². The Bertz CT molecular complexity index is 1370. The van der Waals surface area contributed by atoms with Crippen molar-refractivity contribution < 1.29 is 9.18 Å². The monoisotopic (exact) mass is 400 g/mol. The van der Waals surface area contributed by atoms with Crippen LogP contribution < -0.4 is 5.32 Å². The molecule has 0 aliphatic carbocycles. The van der Waals surface area contributed by atoms with E-state index in [2.05, 4.69) is 30.5 Å². The van der Waals surface area contributed by atoms with Crippen LogP contribution in [0.2, 0.25) is 0 Å². The Hall–Kier alpha value is -4.07. The topological polar surface area (TPSA) is 99.3 Å². The number of carbonyl (C=O) groups excluding carboxylic acids is 1. The molecular formula is C22H17FN6O. The van der Waals surface area contributed by atoms with Crippen LogP contribution in [0.15, 0.2) is 60.9 Å². The third kappa shape index (κ3) is 3.08. The molecule has 2 aromatic carbocycles. The Kier molecular flexibility index (Phi) is 4.24. The van der Waals surface area contributed by atoms with Crippen LogP contribution in [0, 0.1) is 5.82 Å². The van der Waals surface area contributed by atoms with Gasteiger partial charge in [-0.1, -0.05) is 18.2 Å². The van der Waals surface area contributed by atoms with E-state index in [-0.39, 0.29) is 11.6 Å². The van der Waals surface area contributed by atoms with E-state index in [0.717, 1.165) is 22.2 Å². The van der Waals surface area contributed by atoms with Gasteiger partial charge in [0.25, 0.3) is 5.91 Å². The van der Waals surface area contributed by atoms with Gasteiger partial charge in [0.15, 0.2) is 0 Å². The quantitative estimate of drug-likeness (QED) is 0.422. The standard InChI is InChI=1S/C22H17FN6O/c1-12(14-4-2-3-5-16(14)23)25-22(30)21-26-18-10-15-17(11-19(18)27-21)28-29-20(15)13-6-8-24-9-7-13/h2-12,28-29H,1H3,(H,25,30)/t12-/m1/s1. The first-order chi connectivity index (χ1) is 14.6. The number of nitrogens with zero attached hydrogens (tertiary/aromatic N) is 3. The lowest BCUT2D eigenvalue weighted by Crippen LogP contribution is -2.28. The maximum Gasteiger partial charge on any atom is 0.289 e. The number of hydrogen-bond donors (Lipinski definition) is 3. The van der Waals surface area contributed by atoms with E-state index in [1.54, 1.807) is 37.5 Å². The molecule has 3 aromatic heterocycles. The van der Waals surface area contributed by atoms with Gasteiger partial charge in [-0.2, -0.15) is 0 Å². The van der Waals surface area contributed by atoms with Gasteiger partial charge in [-0.25, -0.2) is 14.4 Å². The van der Waals surface area contributed by atoms with Crippen molar-refractivity contribution in [1.82, 2.24) is 30.5 Å². The van der Waals surface area contributed by atoms with E-state index in [0.29, 0.717) is 16.6 Å². The predicted octanol–water partition coefficient (Wildman–Crippen LogP) is 4.13. The first kappa shape index (κ1) is 18.0. The van der Waals surface area contributed by atoms with Gasteiger partial charge in [-0.15, -0.1) is 0 Å². The Balaban J connectivity index is 1.47. The Morgan fingerprint density at radius 2 is 1.77 bits per heavy atom. The summed E-state index contributed by atoms with van der Waals surface area (Å²) in [5.41, 5.74) is 4.34. The lowest BCUT2D eigenvalue weighted by Gasteiger charge is -2.13. The van der Waals surface area contributed by atoms with Crippen LogP contribution in [0.4, 0.5) is 4.39 Å². The first-order valence-corrected chi connectivity index (χ1v) is 9.43. The molecule has 8 heteroatoms. The molecule has 1 amide bonds. The van der Waals surface area contributed by atoms with Crippen molar-refractivity contribution in [3.63, 3.8) is 0 Å². The number of halogens is 1. The number of H-pyrrole nitrogens is 2. The van der Waals surface area contributed by atoms with Gasteiger partial charge in [0.05, 0.1) is 28.3 Å². The maximum atomic E-state index is 14.0. The van der Waals surface area contributed by atoms with E-state index in [9.17, 15) is 9.18 Å². The zero-order chi connectivity index (χ0) is 20.7. The van der Waals surface area contributed by atoms with Crippen molar-refractivity contribution in [3.05, 3.63) is 78.1 Å². The molecule has 0 saturated carbocycles. The molecule has 5 aromatic rings. The Morgan fingerprint density at radius 3 is 2.53 bits per heavy atom. The third-order valence-corrected chi connectivity index (χ3v) is 5.05. The molecule has 0 unspecified atom stereocenters. The Morgan fingerprint density at radius 1 is 1.03 bits per heavy atom. The van der Waals surface area contributed by atoms with Gasteiger partial charge in [-0.05, 0) is 37.3 Å². The van der Waals surface area contributed by atoms with E-state index in [1.165, 1.54) is 6.07 Å². The summed E-state index contributed by atoms with van der Waals surface area (Å²) in [5, 5.41) is 9.97. The van der Waals surface area contributed by atoms with E-state index in [4.69, 9.17) is 0 Å². The van der Waals surface area contributed by atoms with Crippen LogP contribution >= 0.6 is 0 Å². The molecule has 0 fully saturated rings. The second-order valence-corrected chi connectivity index (χ2v) is 7.01. The molecule has 0 bridgehead atoms. The summed E-state index contributed by atoms with van der Waals surface area (Å²) in [6.45, 7) is 1.72. The lowest BCUT2D eigenvalue weighted by molar-refractivity contribution is 0.0930. The van der Waals surface area contributed by atoms with Crippen LogP contribution in [-0.4, -0.2) is 31.1 Å². The second kappa shape index (κ2) is 7.07. The summed E-state index contributed by atoms with van der Waals surface area (Å²) in [5.74, 6) is -0.769. The van der Waals surface area contributed by atoms with Crippen LogP contribution in [0.5, 0.6) is 0 Å². The smallest absolute Gasteiger partial charge is 0.289 e. The molecular weight excluding hydrogens is 383 g/mol. The molecule has 30 heavy (non-hydrogen) atoms. The second-order valence-electron chi connectivity index (χ2n) is 7.01. The minimum Gasteiger partial charge on any atom is -0.343 e. The molecule has 1 atom stereocenters. The van der Waals surface area contributed by atoms with Crippen LogP contribution in [0.1, 0.15) is 29.1 Å². The highest BCUT2D eigenvalue weighted by molar-refractivity contribution is 6.02. The van der Waals surface area contributed by atoms with Gasteiger partial charge >= 0.3 is 0 Å². The van der Waals surface area contributed by atoms with Crippen LogP contribution in [-0.2, 0) is 0 Å². The average molecular weight is 400 g/mol. The van der Waals surface area contributed by atoms with Gasteiger partial charge < -0.3 is 10.4 Å². The molecule has 0 aliphatic rings. The highest BCUT2D eigenvalue weighted by Gasteiger charge is 2.19. The number of aromatic nitrogens is 5. The molecule has 3 heterocycles. The number of pyridine rings is 1. The Labute approximate surface area is 170 Å². The summed E-state index contributed by atoms with van der Waals surface area (Å²) < 4.78 is 14.0. The molecule has 0 spiro atoms. The third-order valence-electron chi connectivity index (χ3n) is 5.05. The fourth-order valence-electron chi connectivity index (χ4n) is 3.53. The number of hydrogen-bond acceptors (Lipinski definition) is 4. The van der Waals surface area contributed by atoms with E-state index in [1.807, 2.05) is 24.3 Å². The fourth-order valence-corrected chi connectivity index (χ4v) is 3.53. The average Bonchev–Trinajstić information content (AvgIpc) is 3.36. The van der Waals surface area contributed by atoms with Crippen LogP contribution in [0.3, 0.4) is 0 Å². The van der Waals surface area contributed by atoms with Gasteiger partial charge in [0.2, 0.25) is 5.82 Å². The predicted molar refractivity (Wildman–Crippen MR) is 111 cm³/mol. The number of nitrogens with one attached hydrogen (secondary N) is 3. The number of rotatable bonds is 4. The van der Waals surface area contributed by atoms with E-state index >= 15 is 0 Å². The van der Waals surface area contributed by atoms with Crippen molar-refractivity contribution in [2.24, 2.45) is 0 Å². The SMILES string of the molecule is C[C@@H](NC(=O)c1nc2cc3[nH][nH]c(-c4ccncc4)c3cc2n1)c1ccccc1F. The summed E-state index contributed by atoms with van der Waals surface area (Å²) >= 11 is 0. The molecule has 0 radical (unpaired) electrons.